The molecule has 1 aromatic carbocycles. The van der Waals surface area contributed by atoms with Crippen molar-refractivity contribution in [1.82, 2.24) is 15.2 Å². The Morgan fingerprint density at radius 1 is 1.17 bits per heavy atom. The molecular formula is C28H38ClN3O4. The summed E-state index contributed by atoms with van der Waals surface area (Å²) in [5.74, 6) is 0.834. The molecule has 2 aliphatic rings. The molecule has 2 heterocycles. The van der Waals surface area contributed by atoms with Crippen molar-refractivity contribution in [3.05, 3.63) is 58.4 Å². The van der Waals surface area contributed by atoms with Gasteiger partial charge in [-0.25, -0.2) is 4.79 Å². The zero-order chi connectivity index (χ0) is 25.3. The quantitative estimate of drug-likeness (QED) is 0.279. The highest BCUT2D eigenvalue weighted by molar-refractivity contribution is 6.22. The number of carbonyl (C=O) groups is 1. The van der Waals surface area contributed by atoms with Gasteiger partial charge in [-0.2, -0.15) is 0 Å². The lowest BCUT2D eigenvalue weighted by Gasteiger charge is -2.35. The predicted octanol–water partition coefficient (Wildman–Crippen LogP) is 4.82. The molecule has 3 N–H and O–H groups in total. The third kappa shape index (κ3) is 6.44. The van der Waals surface area contributed by atoms with Crippen molar-refractivity contribution in [2.24, 2.45) is 0 Å². The summed E-state index contributed by atoms with van der Waals surface area (Å²) >= 11 is 6.42. The topological polar surface area (TPSA) is 86.8 Å². The van der Waals surface area contributed by atoms with Gasteiger partial charge in [0.15, 0.2) is 0 Å². The Labute approximate surface area is 218 Å². The van der Waals surface area contributed by atoms with Crippen LogP contribution in [0.15, 0.2) is 30.3 Å². The number of amides is 1. The Kier molecular flexibility index (Phi) is 9.73. The van der Waals surface area contributed by atoms with E-state index in [1.54, 1.807) is 0 Å². The lowest BCUT2D eigenvalue weighted by atomic mass is 9.89. The van der Waals surface area contributed by atoms with Crippen molar-refractivity contribution in [3.63, 3.8) is 0 Å². The van der Waals surface area contributed by atoms with Crippen molar-refractivity contribution in [2.45, 2.75) is 56.9 Å². The molecule has 0 saturated heterocycles. The molecule has 2 atom stereocenters. The van der Waals surface area contributed by atoms with E-state index < -0.39 is 0 Å². The Bertz CT molecular complexity index is 1020. The van der Waals surface area contributed by atoms with Crippen LogP contribution >= 0.6 is 11.6 Å². The molecule has 0 bridgehead atoms. The van der Waals surface area contributed by atoms with E-state index in [1.165, 1.54) is 11.1 Å². The third-order valence-corrected chi connectivity index (χ3v) is 7.15. The number of alkyl halides is 1. The van der Waals surface area contributed by atoms with Crippen LogP contribution in [-0.2, 0) is 17.6 Å². The number of rotatable bonds is 12. The first-order valence-corrected chi connectivity index (χ1v) is 13.6. The summed E-state index contributed by atoms with van der Waals surface area (Å²) in [5.41, 5.74) is 5.72. The van der Waals surface area contributed by atoms with Gasteiger partial charge in [0, 0.05) is 24.5 Å². The average Bonchev–Trinajstić information content (AvgIpc) is 3.25. The summed E-state index contributed by atoms with van der Waals surface area (Å²) in [4.78, 5) is 18.3. The van der Waals surface area contributed by atoms with Crippen LogP contribution in [0.25, 0.3) is 6.08 Å². The van der Waals surface area contributed by atoms with E-state index in [0.717, 1.165) is 67.8 Å². The SMILES string of the molecule is CCOC(=O)N1CCc2c([nH]c3c2CC(Cl)C=C3)C1c1ccc(OCCCCCCNCCO)cc1. The maximum absolute atomic E-state index is 12.9. The molecule has 2 aromatic rings. The Morgan fingerprint density at radius 3 is 2.75 bits per heavy atom. The Morgan fingerprint density at radius 2 is 1.97 bits per heavy atom. The fraction of sp³-hybridized carbons (Fsp3) is 0.536. The van der Waals surface area contributed by atoms with Crippen LogP contribution < -0.4 is 10.1 Å². The van der Waals surface area contributed by atoms with Gasteiger partial charge in [0.2, 0.25) is 0 Å². The fourth-order valence-corrected chi connectivity index (χ4v) is 5.32. The number of benzene rings is 1. The first-order chi connectivity index (χ1) is 17.6. The summed E-state index contributed by atoms with van der Waals surface area (Å²) in [7, 11) is 0. The van der Waals surface area contributed by atoms with E-state index in [4.69, 9.17) is 26.2 Å². The molecule has 8 heteroatoms. The zero-order valence-electron chi connectivity index (χ0n) is 21.1. The number of aromatic amines is 1. The highest BCUT2D eigenvalue weighted by Gasteiger charge is 2.37. The number of nitrogens with zero attached hydrogens (tertiary/aromatic N) is 1. The summed E-state index contributed by atoms with van der Waals surface area (Å²) < 4.78 is 11.4. The molecule has 1 aliphatic heterocycles. The number of halogens is 1. The van der Waals surface area contributed by atoms with Gasteiger partial charge < -0.3 is 24.9 Å². The Balaban J connectivity index is 1.41. The largest absolute Gasteiger partial charge is 0.494 e. The van der Waals surface area contributed by atoms with E-state index in [-0.39, 0.29) is 24.1 Å². The molecule has 1 aromatic heterocycles. The van der Waals surface area contributed by atoms with E-state index in [9.17, 15) is 4.79 Å². The van der Waals surface area contributed by atoms with Crippen LogP contribution in [0.4, 0.5) is 4.79 Å². The van der Waals surface area contributed by atoms with Crippen LogP contribution in [-0.4, -0.2) is 65.9 Å². The molecular weight excluding hydrogens is 478 g/mol. The summed E-state index contributed by atoms with van der Waals surface area (Å²) in [5, 5.41) is 12.0. The summed E-state index contributed by atoms with van der Waals surface area (Å²) in [6.45, 7) is 5.26. The van der Waals surface area contributed by atoms with Crippen molar-refractivity contribution in [1.29, 1.82) is 0 Å². The Hall–Kier alpha value is -2.48. The molecule has 196 valence electrons. The lowest BCUT2D eigenvalue weighted by molar-refractivity contribution is 0.0930. The fourth-order valence-electron chi connectivity index (χ4n) is 5.09. The molecule has 0 fully saturated rings. The second kappa shape index (κ2) is 13.2. The molecule has 0 saturated carbocycles. The van der Waals surface area contributed by atoms with Gasteiger partial charge in [0.05, 0.1) is 25.2 Å². The highest BCUT2D eigenvalue weighted by atomic mass is 35.5. The normalized spacial score (nSPS) is 18.6. The number of fused-ring (bicyclic) bond motifs is 3. The number of unbranched alkanes of at least 4 members (excludes halogenated alkanes) is 3. The maximum atomic E-state index is 12.9. The lowest BCUT2D eigenvalue weighted by Crippen LogP contribution is -2.41. The standard InChI is InChI=1S/C28H38ClN3O4/c1-2-35-28(34)32-16-13-23-24-19-21(29)9-12-25(24)31-26(23)27(32)20-7-10-22(11-8-20)36-18-6-4-3-5-14-30-15-17-33/h7-12,21,27,30-31,33H,2-6,13-19H2,1H3. The molecule has 4 rings (SSSR count). The number of ether oxygens (including phenoxy) is 2. The van der Waals surface area contributed by atoms with Gasteiger partial charge in [-0.15, -0.1) is 11.6 Å². The van der Waals surface area contributed by atoms with E-state index in [0.29, 0.717) is 26.3 Å². The highest BCUT2D eigenvalue weighted by Crippen LogP contribution is 2.40. The van der Waals surface area contributed by atoms with Gasteiger partial charge in [-0.05, 0) is 74.1 Å². The second-order valence-electron chi connectivity index (χ2n) is 9.34. The first kappa shape index (κ1) is 26.6. The number of nitrogens with one attached hydrogen (secondary N) is 2. The average molecular weight is 516 g/mol. The first-order valence-electron chi connectivity index (χ1n) is 13.2. The third-order valence-electron chi connectivity index (χ3n) is 6.85. The number of aliphatic hydroxyl groups is 1. The number of aromatic nitrogens is 1. The van der Waals surface area contributed by atoms with Crippen LogP contribution in [0, 0.1) is 0 Å². The number of hydrogen-bond donors (Lipinski definition) is 3. The minimum atomic E-state index is -0.293. The van der Waals surface area contributed by atoms with E-state index in [2.05, 4.69) is 16.4 Å². The number of H-pyrrole nitrogens is 1. The molecule has 2 unspecified atom stereocenters. The van der Waals surface area contributed by atoms with Crippen molar-refractivity contribution < 1.29 is 19.4 Å². The van der Waals surface area contributed by atoms with Crippen molar-refractivity contribution in [3.8, 4) is 5.75 Å². The minimum Gasteiger partial charge on any atom is -0.494 e. The van der Waals surface area contributed by atoms with E-state index >= 15 is 0 Å². The van der Waals surface area contributed by atoms with Crippen molar-refractivity contribution in [2.75, 3.05) is 39.5 Å². The smallest absolute Gasteiger partial charge is 0.410 e. The maximum Gasteiger partial charge on any atom is 0.410 e. The summed E-state index contributed by atoms with van der Waals surface area (Å²) in [6, 6.07) is 7.84. The van der Waals surface area contributed by atoms with Gasteiger partial charge in [0.1, 0.15) is 11.8 Å². The van der Waals surface area contributed by atoms with Gasteiger partial charge in [-0.1, -0.05) is 31.1 Å². The molecule has 36 heavy (non-hydrogen) atoms. The molecule has 1 amide bonds. The zero-order valence-corrected chi connectivity index (χ0v) is 21.9. The van der Waals surface area contributed by atoms with Gasteiger partial charge >= 0.3 is 6.09 Å². The number of hydrogen-bond acceptors (Lipinski definition) is 5. The van der Waals surface area contributed by atoms with Gasteiger partial charge in [-0.3, -0.25) is 4.90 Å². The van der Waals surface area contributed by atoms with Crippen molar-refractivity contribution >= 4 is 23.8 Å². The van der Waals surface area contributed by atoms with Gasteiger partial charge in [0.25, 0.3) is 0 Å². The van der Waals surface area contributed by atoms with Crippen LogP contribution in [0.3, 0.4) is 0 Å². The summed E-state index contributed by atoms with van der Waals surface area (Å²) in [6.07, 6.45) is 9.75. The molecule has 0 radical (unpaired) electrons. The van der Waals surface area contributed by atoms with E-state index in [1.807, 2.05) is 42.2 Å². The molecule has 7 nitrogen and oxygen atoms in total. The van der Waals surface area contributed by atoms with Crippen LogP contribution in [0.5, 0.6) is 5.75 Å². The molecule has 0 spiro atoms. The number of aliphatic hydroxyl groups excluding tert-OH is 1. The molecule has 1 aliphatic carbocycles. The number of carbonyl (C=O) groups excluding carboxylic acids is 1. The predicted molar refractivity (Wildman–Crippen MR) is 143 cm³/mol. The second-order valence-corrected chi connectivity index (χ2v) is 9.90. The van der Waals surface area contributed by atoms with Crippen LogP contribution in [0.2, 0.25) is 0 Å². The minimum absolute atomic E-state index is 0.00158. The van der Waals surface area contributed by atoms with Crippen LogP contribution in [0.1, 0.15) is 66.7 Å². The monoisotopic (exact) mass is 515 g/mol. The number of allylic oxidation sites excluding steroid dienone is 1.